The maximum atomic E-state index is 10.5. The zero-order valence-corrected chi connectivity index (χ0v) is 9.69. The SMILES string of the molecule is [N-]=[N+]=Nc1cc(Br)c([N+](=O)[O-])cc1Br. The van der Waals surface area contributed by atoms with E-state index in [0.717, 1.165) is 0 Å². The zero-order chi connectivity index (χ0) is 10.7. The summed E-state index contributed by atoms with van der Waals surface area (Å²) in [5.74, 6) is 0. The van der Waals surface area contributed by atoms with E-state index < -0.39 is 4.92 Å². The van der Waals surface area contributed by atoms with Crippen molar-refractivity contribution in [2.75, 3.05) is 0 Å². The molecule has 8 heteroatoms. The average molecular weight is 322 g/mol. The molecule has 0 atom stereocenters. The van der Waals surface area contributed by atoms with E-state index in [1.54, 1.807) is 0 Å². The van der Waals surface area contributed by atoms with Crippen LogP contribution in [0.2, 0.25) is 0 Å². The average Bonchev–Trinajstić information content (AvgIpc) is 2.10. The smallest absolute Gasteiger partial charge is 0.258 e. The predicted molar refractivity (Wildman–Crippen MR) is 57.3 cm³/mol. The van der Waals surface area contributed by atoms with E-state index in [9.17, 15) is 10.1 Å². The third-order valence-electron chi connectivity index (χ3n) is 1.37. The van der Waals surface area contributed by atoms with Gasteiger partial charge in [0.1, 0.15) is 0 Å². The Morgan fingerprint density at radius 3 is 2.57 bits per heavy atom. The van der Waals surface area contributed by atoms with Crippen LogP contribution in [-0.2, 0) is 0 Å². The van der Waals surface area contributed by atoms with Crippen molar-refractivity contribution in [3.8, 4) is 0 Å². The molecule has 0 aliphatic heterocycles. The van der Waals surface area contributed by atoms with Gasteiger partial charge in [0.15, 0.2) is 0 Å². The van der Waals surface area contributed by atoms with Crippen molar-refractivity contribution >= 4 is 43.2 Å². The molecule has 1 rings (SSSR count). The van der Waals surface area contributed by atoms with Gasteiger partial charge in [0.25, 0.3) is 5.69 Å². The number of azide groups is 1. The fraction of sp³-hybridized carbons (Fsp3) is 0. The topological polar surface area (TPSA) is 91.9 Å². The second-order valence-electron chi connectivity index (χ2n) is 2.20. The Morgan fingerprint density at radius 1 is 1.43 bits per heavy atom. The molecule has 1 aromatic carbocycles. The van der Waals surface area contributed by atoms with Crippen LogP contribution in [0.25, 0.3) is 10.4 Å². The van der Waals surface area contributed by atoms with Crippen LogP contribution in [0.1, 0.15) is 0 Å². The van der Waals surface area contributed by atoms with Gasteiger partial charge in [-0.15, -0.1) is 0 Å². The van der Waals surface area contributed by atoms with E-state index in [0.29, 0.717) is 10.2 Å². The molecule has 0 aromatic heterocycles. The first kappa shape index (κ1) is 11.0. The van der Waals surface area contributed by atoms with Crippen LogP contribution in [0.5, 0.6) is 0 Å². The fourth-order valence-electron chi connectivity index (χ4n) is 0.791. The molecule has 72 valence electrons. The van der Waals surface area contributed by atoms with Crippen LogP contribution in [-0.4, -0.2) is 4.92 Å². The van der Waals surface area contributed by atoms with E-state index in [4.69, 9.17) is 5.53 Å². The number of nitrogens with zero attached hydrogens (tertiary/aromatic N) is 4. The molecular formula is C6H2Br2N4O2. The van der Waals surface area contributed by atoms with Crippen molar-refractivity contribution in [3.63, 3.8) is 0 Å². The minimum atomic E-state index is -0.533. The van der Waals surface area contributed by atoms with Crippen molar-refractivity contribution in [1.82, 2.24) is 0 Å². The van der Waals surface area contributed by atoms with E-state index in [-0.39, 0.29) is 10.2 Å². The monoisotopic (exact) mass is 320 g/mol. The van der Waals surface area contributed by atoms with E-state index in [2.05, 4.69) is 41.9 Å². The van der Waals surface area contributed by atoms with Crippen LogP contribution in [0, 0.1) is 10.1 Å². The van der Waals surface area contributed by atoms with E-state index in [1.807, 2.05) is 0 Å². The number of rotatable bonds is 2. The molecule has 0 unspecified atom stereocenters. The van der Waals surface area contributed by atoms with Gasteiger partial charge in [-0.2, -0.15) is 0 Å². The maximum Gasteiger partial charge on any atom is 0.284 e. The van der Waals surface area contributed by atoms with E-state index in [1.165, 1.54) is 12.1 Å². The Labute approximate surface area is 95.0 Å². The number of hydrogen-bond acceptors (Lipinski definition) is 3. The molecule has 0 saturated heterocycles. The van der Waals surface area contributed by atoms with Crippen LogP contribution >= 0.6 is 31.9 Å². The van der Waals surface area contributed by atoms with Gasteiger partial charge in [-0.05, 0) is 27.5 Å². The first-order valence-electron chi connectivity index (χ1n) is 3.25. The first-order valence-corrected chi connectivity index (χ1v) is 4.83. The molecule has 0 aliphatic carbocycles. The maximum absolute atomic E-state index is 10.5. The molecule has 1 aromatic rings. The number of nitro groups is 1. The summed E-state index contributed by atoms with van der Waals surface area (Å²) in [7, 11) is 0. The zero-order valence-electron chi connectivity index (χ0n) is 6.52. The molecule has 0 spiro atoms. The van der Waals surface area contributed by atoms with Crippen molar-refractivity contribution < 1.29 is 4.92 Å². The van der Waals surface area contributed by atoms with Crippen LogP contribution in [0.15, 0.2) is 26.2 Å². The van der Waals surface area contributed by atoms with Gasteiger partial charge in [0, 0.05) is 15.5 Å². The van der Waals surface area contributed by atoms with Gasteiger partial charge in [0.05, 0.1) is 15.1 Å². The third kappa shape index (κ3) is 2.22. The Balaban J connectivity index is 3.37. The van der Waals surface area contributed by atoms with Gasteiger partial charge in [-0.1, -0.05) is 21.0 Å². The molecule has 0 saturated carbocycles. The van der Waals surface area contributed by atoms with Crippen molar-refractivity contribution in [2.45, 2.75) is 0 Å². The quantitative estimate of drug-likeness (QED) is 0.270. The van der Waals surface area contributed by atoms with Crippen molar-refractivity contribution in [2.24, 2.45) is 5.11 Å². The van der Waals surface area contributed by atoms with Gasteiger partial charge < -0.3 is 0 Å². The number of halogens is 2. The third-order valence-corrected chi connectivity index (χ3v) is 2.64. The molecule has 0 bridgehead atoms. The normalized spacial score (nSPS) is 9.29. The minimum Gasteiger partial charge on any atom is -0.258 e. The van der Waals surface area contributed by atoms with Gasteiger partial charge in [0.2, 0.25) is 0 Å². The molecule has 0 aliphatic rings. The summed E-state index contributed by atoms with van der Waals surface area (Å²) in [4.78, 5) is 12.5. The fourth-order valence-corrected chi connectivity index (χ4v) is 1.68. The first-order chi connectivity index (χ1) is 6.56. The number of benzene rings is 1. The highest BCUT2D eigenvalue weighted by Crippen LogP contribution is 2.35. The second kappa shape index (κ2) is 4.41. The van der Waals surface area contributed by atoms with Gasteiger partial charge in [-0.3, -0.25) is 10.1 Å². The second-order valence-corrected chi connectivity index (χ2v) is 3.91. The molecule has 14 heavy (non-hydrogen) atoms. The Morgan fingerprint density at radius 2 is 2.07 bits per heavy atom. The molecule has 0 fully saturated rings. The lowest BCUT2D eigenvalue weighted by molar-refractivity contribution is -0.385. The Hall–Kier alpha value is -1.11. The summed E-state index contributed by atoms with van der Waals surface area (Å²) < 4.78 is 0.651. The predicted octanol–water partition coefficient (Wildman–Crippen LogP) is 4.06. The number of hydrogen-bond donors (Lipinski definition) is 0. The Bertz CT molecular complexity index is 414. The molecule has 0 N–H and O–H groups in total. The lowest BCUT2D eigenvalue weighted by atomic mass is 10.3. The van der Waals surface area contributed by atoms with Crippen molar-refractivity contribution in [1.29, 1.82) is 0 Å². The number of nitro benzene ring substituents is 1. The summed E-state index contributed by atoms with van der Waals surface area (Å²) in [6.45, 7) is 0. The molecule has 0 radical (unpaired) electrons. The standard InChI is InChI=1S/C6H2Br2N4O2/c7-3-2-6(12(13)14)4(8)1-5(3)10-11-9/h1-2H. The summed E-state index contributed by atoms with van der Waals surface area (Å²) in [6.07, 6.45) is 0. The Kier molecular flexibility index (Phi) is 3.45. The van der Waals surface area contributed by atoms with Crippen LogP contribution < -0.4 is 0 Å². The van der Waals surface area contributed by atoms with Gasteiger partial charge in [-0.25, -0.2) is 0 Å². The highest BCUT2D eigenvalue weighted by Gasteiger charge is 2.14. The van der Waals surface area contributed by atoms with E-state index >= 15 is 0 Å². The highest BCUT2D eigenvalue weighted by atomic mass is 79.9. The molecule has 0 heterocycles. The summed E-state index contributed by atoms with van der Waals surface area (Å²) in [5, 5.41) is 13.8. The van der Waals surface area contributed by atoms with Crippen LogP contribution in [0.4, 0.5) is 11.4 Å². The molecule has 0 amide bonds. The van der Waals surface area contributed by atoms with Crippen molar-refractivity contribution in [3.05, 3.63) is 41.6 Å². The summed E-state index contributed by atoms with van der Waals surface area (Å²) >= 11 is 6.07. The highest BCUT2D eigenvalue weighted by molar-refractivity contribution is 9.11. The molecule has 6 nitrogen and oxygen atoms in total. The summed E-state index contributed by atoms with van der Waals surface area (Å²) in [5.41, 5.74) is 8.41. The lowest BCUT2D eigenvalue weighted by Gasteiger charge is -1.99. The largest absolute Gasteiger partial charge is 0.284 e. The lowest BCUT2D eigenvalue weighted by Crippen LogP contribution is -1.89. The van der Waals surface area contributed by atoms with Crippen LogP contribution in [0.3, 0.4) is 0 Å². The summed E-state index contributed by atoms with van der Waals surface area (Å²) in [6, 6.07) is 2.65. The minimum absolute atomic E-state index is 0.0891. The van der Waals surface area contributed by atoms with Gasteiger partial charge >= 0.3 is 0 Å². The molecular weight excluding hydrogens is 320 g/mol.